The highest BCUT2D eigenvalue weighted by atomic mass is 32.2. The number of esters is 2. The molecule has 1 N–H and O–H groups in total. The minimum atomic E-state index is -3.91. The monoisotopic (exact) mass is 526 g/mol. The lowest BCUT2D eigenvalue weighted by Gasteiger charge is -2.31. The van der Waals surface area contributed by atoms with E-state index in [4.69, 9.17) is 9.47 Å². The number of nitrogens with zero attached hydrogens (tertiary/aromatic N) is 1. The van der Waals surface area contributed by atoms with Crippen molar-refractivity contribution >= 4 is 44.2 Å². The van der Waals surface area contributed by atoms with Crippen LogP contribution in [0.5, 0.6) is 0 Å². The molecular formula is C23H27FN2O7S2. The average Bonchev–Trinajstić information content (AvgIpc) is 3.15. The van der Waals surface area contributed by atoms with Crippen LogP contribution in [-0.4, -0.2) is 56.9 Å². The molecule has 1 saturated heterocycles. The molecule has 1 atom stereocenters. The quantitative estimate of drug-likeness (QED) is 0.522. The second-order valence-electron chi connectivity index (χ2n) is 7.85. The van der Waals surface area contributed by atoms with Crippen LogP contribution < -0.4 is 5.32 Å². The lowest BCUT2D eigenvalue weighted by atomic mass is 9.99. The van der Waals surface area contributed by atoms with Gasteiger partial charge in [0.25, 0.3) is 0 Å². The summed E-state index contributed by atoms with van der Waals surface area (Å²) >= 11 is 0.911. The van der Waals surface area contributed by atoms with Gasteiger partial charge in [-0.05, 0) is 63.4 Å². The van der Waals surface area contributed by atoms with Crippen molar-refractivity contribution < 1.29 is 36.7 Å². The molecule has 0 saturated carbocycles. The van der Waals surface area contributed by atoms with Crippen LogP contribution >= 0.6 is 11.3 Å². The Morgan fingerprint density at radius 2 is 1.74 bits per heavy atom. The molecule has 1 aromatic carbocycles. The standard InChI is InChI=1S/C23H27FN2O7S2/c1-4-32-22(28)18-14(3)19(23(29)33-5-2)34-21(18)25-20(27)15-7-6-12-26(13-15)35(30,31)17-10-8-16(24)9-11-17/h8-11,15H,4-7,12-13H2,1-3H3,(H,25,27). The summed E-state index contributed by atoms with van der Waals surface area (Å²) in [6, 6.07) is 4.51. The summed E-state index contributed by atoms with van der Waals surface area (Å²) in [5.74, 6) is -3.02. The van der Waals surface area contributed by atoms with Gasteiger partial charge in [0.05, 0.1) is 29.6 Å². The highest BCUT2D eigenvalue weighted by Gasteiger charge is 2.35. The first kappa shape index (κ1) is 26.8. The van der Waals surface area contributed by atoms with E-state index in [0.29, 0.717) is 18.4 Å². The number of thiophene rings is 1. The first-order valence-electron chi connectivity index (χ1n) is 11.1. The highest BCUT2D eigenvalue weighted by molar-refractivity contribution is 7.89. The maximum Gasteiger partial charge on any atom is 0.348 e. The van der Waals surface area contributed by atoms with Gasteiger partial charge in [0.2, 0.25) is 15.9 Å². The van der Waals surface area contributed by atoms with E-state index in [-0.39, 0.29) is 46.6 Å². The fourth-order valence-corrected chi connectivity index (χ4v) is 6.40. The normalized spacial score (nSPS) is 16.5. The lowest BCUT2D eigenvalue weighted by molar-refractivity contribution is -0.120. The van der Waals surface area contributed by atoms with Crippen LogP contribution in [0.25, 0.3) is 0 Å². The van der Waals surface area contributed by atoms with Crippen LogP contribution in [-0.2, 0) is 24.3 Å². The van der Waals surface area contributed by atoms with Crippen LogP contribution in [0.3, 0.4) is 0 Å². The number of ether oxygens (including phenoxy) is 2. The van der Waals surface area contributed by atoms with E-state index in [9.17, 15) is 27.2 Å². The topological polar surface area (TPSA) is 119 Å². The Morgan fingerprint density at radius 3 is 2.37 bits per heavy atom. The number of hydrogen-bond donors (Lipinski definition) is 1. The summed E-state index contributed by atoms with van der Waals surface area (Å²) in [6.45, 7) is 5.27. The molecule has 9 nitrogen and oxygen atoms in total. The molecule has 1 aliphatic rings. The van der Waals surface area contributed by atoms with Gasteiger partial charge in [-0.2, -0.15) is 4.31 Å². The van der Waals surface area contributed by atoms with E-state index in [2.05, 4.69) is 5.32 Å². The summed E-state index contributed by atoms with van der Waals surface area (Å²) in [4.78, 5) is 38.1. The van der Waals surface area contributed by atoms with Crippen LogP contribution in [0, 0.1) is 18.7 Å². The first-order chi connectivity index (χ1) is 16.6. The van der Waals surface area contributed by atoms with Gasteiger partial charge in [-0.1, -0.05) is 0 Å². The molecule has 2 heterocycles. The van der Waals surface area contributed by atoms with Gasteiger partial charge in [0.1, 0.15) is 15.7 Å². The van der Waals surface area contributed by atoms with Gasteiger partial charge >= 0.3 is 11.9 Å². The van der Waals surface area contributed by atoms with Crippen LogP contribution in [0.1, 0.15) is 52.3 Å². The average molecular weight is 527 g/mol. The molecule has 2 aromatic rings. The van der Waals surface area contributed by atoms with Crippen molar-refractivity contribution in [3.63, 3.8) is 0 Å². The molecule has 35 heavy (non-hydrogen) atoms. The molecule has 1 aromatic heterocycles. The van der Waals surface area contributed by atoms with Crippen molar-refractivity contribution in [3.05, 3.63) is 46.1 Å². The second-order valence-corrected chi connectivity index (χ2v) is 10.8. The van der Waals surface area contributed by atoms with Crippen molar-refractivity contribution in [1.82, 2.24) is 4.31 Å². The maximum absolute atomic E-state index is 13.2. The summed E-state index contributed by atoms with van der Waals surface area (Å²) in [6.07, 6.45) is 0.881. The lowest BCUT2D eigenvalue weighted by Crippen LogP contribution is -2.43. The third-order valence-corrected chi connectivity index (χ3v) is 8.60. The zero-order chi connectivity index (χ0) is 25.8. The summed E-state index contributed by atoms with van der Waals surface area (Å²) in [5.41, 5.74) is 0.409. The van der Waals surface area contributed by atoms with Crippen LogP contribution in [0.15, 0.2) is 29.2 Å². The summed E-state index contributed by atoms with van der Waals surface area (Å²) < 4.78 is 50.5. The summed E-state index contributed by atoms with van der Waals surface area (Å²) in [5, 5.41) is 2.84. The van der Waals surface area contributed by atoms with Gasteiger partial charge < -0.3 is 14.8 Å². The zero-order valence-electron chi connectivity index (χ0n) is 19.6. The predicted molar refractivity (Wildman–Crippen MR) is 127 cm³/mol. The predicted octanol–water partition coefficient (Wildman–Crippen LogP) is 3.59. The molecule has 1 aliphatic heterocycles. The fraction of sp³-hybridized carbons (Fsp3) is 0.435. The SMILES string of the molecule is CCOC(=O)c1sc(NC(=O)C2CCCN(S(=O)(=O)c3ccc(F)cc3)C2)c(C(=O)OCC)c1C. The van der Waals surface area contributed by atoms with E-state index >= 15 is 0 Å². The van der Waals surface area contributed by atoms with E-state index in [1.807, 2.05) is 0 Å². The number of amides is 1. The molecule has 0 bridgehead atoms. The van der Waals surface area contributed by atoms with Gasteiger partial charge in [-0.25, -0.2) is 22.4 Å². The largest absolute Gasteiger partial charge is 0.462 e. The Labute approximate surface area is 207 Å². The van der Waals surface area contributed by atoms with Crippen molar-refractivity contribution in [2.24, 2.45) is 5.92 Å². The third-order valence-electron chi connectivity index (χ3n) is 5.53. The third kappa shape index (κ3) is 5.88. The Balaban J connectivity index is 1.83. The summed E-state index contributed by atoms with van der Waals surface area (Å²) in [7, 11) is -3.91. The van der Waals surface area contributed by atoms with Crippen molar-refractivity contribution in [2.75, 3.05) is 31.6 Å². The number of sulfonamides is 1. The minimum Gasteiger partial charge on any atom is -0.462 e. The van der Waals surface area contributed by atoms with E-state index in [0.717, 1.165) is 23.5 Å². The van der Waals surface area contributed by atoms with Crippen molar-refractivity contribution in [1.29, 1.82) is 0 Å². The number of carbonyl (C=O) groups excluding carboxylic acids is 3. The molecule has 190 valence electrons. The Hall–Kier alpha value is -2.83. The molecule has 12 heteroatoms. The number of nitrogens with one attached hydrogen (secondary N) is 1. The number of carbonyl (C=O) groups is 3. The van der Waals surface area contributed by atoms with Gasteiger partial charge in [-0.3, -0.25) is 4.79 Å². The fourth-order valence-electron chi connectivity index (χ4n) is 3.79. The Morgan fingerprint density at radius 1 is 1.11 bits per heavy atom. The number of halogens is 1. The number of piperidine rings is 1. The van der Waals surface area contributed by atoms with E-state index in [1.165, 1.54) is 16.4 Å². The Kier molecular flexibility index (Phi) is 8.62. The van der Waals surface area contributed by atoms with Gasteiger partial charge in [-0.15, -0.1) is 11.3 Å². The Bertz CT molecular complexity index is 1210. The van der Waals surface area contributed by atoms with Crippen LogP contribution in [0.4, 0.5) is 9.39 Å². The first-order valence-corrected chi connectivity index (χ1v) is 13.4. The second kappa shape index (κ2) is 11.3. The maximum atomic E-state index is 13.2. The molecular weight excluding hydrogens is 499 g/mol. The molecule has 0 radical (unpaired) electrons. The number of anilines is 1. The highest BCUT2D eigenvalue weighted by Crippen LogP contribution is 2.35. The number of rotatable bonds is 8. The minimum absolute atomic E-state index is 0.0579. The molecule has 0 aliphatic carbocycles. The molecule has 0 spiro atoms. The molecule has 3 rings (SSSR count). The van der Waals surface area contributed by atoms with Gasteiger partial charge in [0.15, 0.2) is 0 Å². The van der Waals surface area contributed by atoms with E-state index < -0.39 is 39.6 Å². The van der Waals surface area contributed by atoms with E-state index in [1.54, 1.807) is 20.8 Å². The molecule has 1 fully saturated rings. The smallest absolute Gasteiger partial charge is 0.348 e. The number of hydrogen-bond acceptors (Lipinski definition) is 8. The van der Waals surface area contributed by atoms with Crippen molar-refractivity contribution in [3.8, 4) is 0 Å². The zero-order valence-corrected chi connectivity index (χ0v) is 21.3. The van der Waals surface area contributed by atoms with Gasteiger partial charge in [0, 0.05) is 13.1 Å². The van der Waals surface area contributed by atoms with Crippen LogP contribution in [0.2, 0.25) is 0 Å². The molecule has 1 amide bonds. The number of benzene rings is 1. The van der Waals surface area contributed by atoms with Crippen molar-refractivity contribution in [2.45, 2.75) is 38.5 Å². The molecule has 1 unspecified atom stereocenters.